The van der Waals surface area contributed by atoms with Crippen LogP contribution in [-0.2, 0) is 20.9 Å². The Hall–Kier alpha value is -2.49. The molecule has 7 nitrogen and oxygen atoms in total. The highest BCUT2D eigenvalue weighted by molar-refractivity contribution is 7.99. The SMILES string of the molecule is COCCC(=O)N[C@@H]1CSc2ccc(C(N)=O)cc2N(Cc2ccc(SC)cc2)C1=O. The van der Waals surface area contributed by atoms with Crippen molar-refractivity contribution in [2.75, 3.05) is 30.6 Å². The van der Waals surface area contributed by atoms with Crippen LogP contribution in [0.3, 0.4) is 0 Å². The first-order chi connectivity index (χ1) is 14.9. The first kappa shape index (κ1) is 23.2. The molecule has 3 rings (SSSR count). The van der Waals surface area contributed by atoms with Crippen molar-refractivity contribution in [1.29, 1.82) is 0 Å². The smallest absolute Gasteiger partial charge is 0.250 e. The van der Waals surface area contributed by atoms with E-state index in [4.69, 9.17) is 10.5 Å². The fraction of sp³-hybridized carbons (Fsp3) is 0.318. The number of nitrogens with two attached hydrogens (primary N) is 1. The van der Waals surface area contributed by atoms with Gasteiger partial charge in [0.05, 0.1) is 18.8 Å². The summed E-state index contributed by atoms with van der Waals surface area (Å²) in [6.45, 7) is 0.599. The molecule has 0 spiro atoms. The lowest BCUT2D eigenvalue weighted by molar-refractivity contribution is -0.127. The van der Waals surface area contributed by atoms with E-state index in [1.807, 2.05) is 30.5 Å². The zero-order valence-corrected chi connectivity index (χ0v) is 19.1. The molecule has 3 N–H and O–H groups in total. The number of hydrogen-bond donors (Lipinski definition) is 2. The maximum Gasteiger partial charge on any atom is 0.250 e. The van der Waals surface area contributed by atoms with Crippen LogP contribution in [0.1, 0.15) is 22.3 Å². The Labute approximate surface area is 190 Å². The Morgan fingerprint density at radius 1 is 1.26 bits per heavy atom. The number of rotatable bonds is 8. The molecule has 164 valence electrons. The van der Waals surface area contributed by atoms with Gasteiger partial charge in [-0.2, -0.15) is 0 Å². The van der Waals surface area contributed by atoms with Crippen molar-refractivity contribution in [2.45, 2.75) is 28.8 Å². The van der Waals surface area contributed by atoms with Gasteiger partial charge in [0.25, 0.3) is 5.91 Å². The molecule has 0 aromatic heterocycles. The highest BCUT2D eigenvalue weighted by Crippen LogP contribution is 2.36. The van der Waals surface area contributed by atoms with Crippen LogP contribution in [0.25, 0.3) is 0 Å². The number of amides is 3. The molecular formula is C22H25N3O4S2. The van der Waals surface area contributed by atoms with Crippen molar-refractivity contribution >= 4 is 46.9 Å². The number of hydrogen-bond acceptors (Lipinski definition) is 6. The Morgan fingerprint density at radius 3 is 2.65 bits per heavy atom. The molecule has 2 aromatic carbocycles. The summed E-state index contributed by atoms with van der Waals surface area (Å²) in [6, 6.07) is 12.4. The highest BCUT2D eigenvalue weighted by Gasteiger charge is 2.32. The van der Waals surface area contributed by atoms with Gasteiger partial charge in [0.15, 0.2) is 0 Å². The standard InChI is InChI=1S/C22H25N3O4S2/c1-29-10-9-20(26)24-17-13-31-19-8-5-15(21(23)27)11-18(19)25(22(17)28)12-14-3-6-16(30-2)7-4-14/h3-8,11,17H,9-10,12-13H2,1-2H3,(H2,23,27)(H,24,26)/t17-/m1/s1. The summed E-state index contributed by atoms with van der Waals surface area (Å²) in [5, 5.41) is 2.82. The minimum absolute atomic E-state index is 0.180. The van der Waals surface area contributed by atoms with Crippen LogP contribution in [0.2, 0.25) is 0 Å². The van der Waals surface area contributed by atoms with Gasteiger partial charge in [-0.25, -0.2) is 0 Å². The maximum absolute atomic E-state index is 13.5. The quantitative estimate of drug-likeness (QED) is 0.589. The van der Waals surface area contributed by atoms with Crippen LogP contribution < -0.4 is 16.0 Å². The van der Waals surface area contributed by atoms with Gasteiger partial charge in [0, 0.05) is 34.6 Å². The van der Waals surface area contributed by atoms with E-state index >= 15 is 0 Å². The van der Waals surface area contributed by atoms with E-state index in [1.54, 1.807) is 34.9 Å². The van der Waals surface area contributed by atoms with E-state index in [-0.39, 0.29) is 24.8 Å². The van der Waals surface area contributed by atoms with Gasteiger partial charge in [-0.3, -0.25) is 14.4 Å². The normalized spacial score (nSPS) is 15.9. The Balaban J connectivity index is 1.94. The predicted molar refractivity (Wildman–Crippen MR) is 124 cm³/mol. The predicted octanol–water partition coefficient (Wildman–Crippen LogP) is 2.67. The Kier molecular flexibility index (Phi) is 8.00. The van der Waals surface area contributed by atoms with Gasteiger partial charge >= 0.3 is 0 Å². The number of nitrogens with zero attached hydrogens (tertiary/aromatic N) is 1. The molecule has 1 atom stereocenters. The van der Waals surface area contributed by atoms with E-state index < -0.39 is 11.9 Å². The first-order valence-electron chi connectivity index (χ1n) is 9.72. The average molecular weight is 460 g/mol. The Morgan fingerprint density at radius 2 is 2.00 bits per heavy atom. The number of carbonyl (C=O) groups is 3. The lowest BCUT2D eigenvalue weighted by Crippen LogP contribution is -2.49. The summed E-state index contributed by atoms with van der Waals surface area (Å²) in [5.74, 6) is -0.637. The minimum Gasteiger partial charge on any atom is -0.384 e. The molecule has 1 aliphatic rings. The molecule has 31 heavy (non-hydrogen) atoms. The van der Waals surface area contributed by atoms with Gasteiger partial charge in [-0.05, 0) is 42.2 Å². The molecule has 3 amide bonds. The summed E-state index contributed by atoms with van der Waals surface area (Å²) in [5.41, 5.74) is 7.36. The number of anilines is 1. The number of thioether (sulfide) groups is 2. The van der Waals surface area contributed by atoms with Crippen LogP contribution in [0.4, 0.5) is 5.69 Å². The van der Waals surface area contributed by atoms with Crippen molar-refractivity contribution in [3.63, 3.8) is 0 Å². The number of fused-ring (bicyclic) bond motifs is 1. The number of methoxy groups -OCH3 is 1. The lowest BCUT2D eigenvalue weighted by Gasteiger charge is -2.26. The van der Waals surface area contributed by atoms with Crippen LogP contribution in [0, 0.1) is 0 Å². The van der Waals surface area contributed by atoms with Gasteiger partial charge in [-0.15, -0.1) is 23.5 Å². The third-order valence-electron chi connectivity index (χ3n) is 4.87. The summed E-state index contributed by atoms with van der Waals surface area (Å²) in [4.78, 5) is 41.1. The maximum atomic E-state index is 13.5. The number of ether oxygens (including phenoxy) is 1. The van der Waals surface area contributed by atoms with E-state index in [1.165, 1.54) is 18.9 Å². The van der Waals surface area contributed by atoms with Gasteiger partial charge in [-0.1, -0.05) is 12.1 Å². The van der Waals surface area contributed by atoms with Crippen LogP contribution in [0.15, 0.2) is 52.3 Å². The molecule has 1 aliphatic heterocycles. The molecule has 0 bridgehead atoms. The molecular weight excluding hydrogens is 434 g/mol. The van der Waals surface area contributed by atoms with Gasteiger partial charge < -0.3 is 20.7 Å². The topological polar surface area (TPSA) is 102 Å². The van der Waals surface area contributed by atoms with E-state index in [2.05, 4.69) is 5.32 Å². The lowest BCUT2D eigenvalue weighted by atomic mass is 10.1. The summed E-state index contributed by atoms with van der Waals surface area (Å²) in [7, 11) is 1.52. The van der Waals surface area contributed by atoms with Crippen LogP contribution in [0.5, 0.6) is 0 Å². The van der Waals surface area contributed by atoms with Gasteiger partial charge in [0.2, 0.25) is 11.8 Å². The second-order valence-corrected chi connectivity index (χ2v) is 8.93. The minimum atomic E-state index is -0.691. The first-order valence-corrected chi connectivity index (χ1v) is 11.9. The zero-order chi connectivity index (χ0) is 22.4. The molecule has 0 fully saturated rings. The van der Waals surface area contributed by atoms with Crippen molar-refractivity contribution in [2.24, 2.45) is 5.73 Å². The monoisotopic (exact) mass is 459 g/mol. The van der Waals surface area contributed by atoms with Gasteiger partial charge in [0.1, 0.15) is 6.04 Å². The highest BCUT2D eigenvalue weighted by atomic mass is 32.2. The molecule has 0 saturated heterocycles. The summed E-state index contributed by atoms with van der Waals surface area (Å²) in [6.07, 6.45) is 2.18. The Bertz CT molecular complexity index is 966. The van der Waals surface area contributed by atoms with Crippen LogP contribution in [-0.4, -0.2) is 49.5 Å². The van der Waals surface area contributed by atoms with Crippen molar-refractivity contribution in [3.05, 3.63) is 53.6 Å². The molecule has 0 radical (unpaired) electrons. The molecule has 0 unspecified atom stereocenters. The molecule has 0 aliphatic carbocycles. The zero-order valence-electron chi connectivity index (χ0n) is 17.4. The number of nitrogens with one attached hydrogen (secondary N) is 1. The fourth-order valence-corrected chi connectivity index (χ4v) is 4.66. The largest absolute Gasteiger partial charge is 0.384 e. The fourth-order valence-electron chi connectivity index (χ4n) is 3.20. The molecule has 1 heterocycles. The van der Waals surface area contributed by atoms with Crippen molar-refractivity contribution < 1.29 is 19.1 Å². The third-order valence-corrected chi connectivity index (χ3v) is 6.77. The van der Waals surface area contributed by atoms with Crippen molar-refractivity contribution in [3.8, 4) is 0 Å². The van der Waals surface area contributed by atoms with E-state index in [0.29, 0.717) is 23.5 Å². The third kappa shape index (κ3) is 5.81. The van der Waals surface area contributed by atoms with E-state index in [0.717, 1.165) is 15.4 Å². The average Bonchev–Trinajstić information content (AvgIpc) is 2.90. The second kappa shape index (κ2) is 10.7. The summed E-state index contributed by atoms with van der Waals surface area (Å²) < 4.78 is 4.95. The van der Waals surface area contributed by atoms with Crippen LogP contribution >= 0.6 is 23.5 Å². The molecule has 2 aromatic rings. The summed E-state index contributed by atoms with van der Waals surface area (Å²) >= 11 is 3.11. The molecule has 9 heteroatoms. The number of carbonyl (C=O) groups excluding carboxylic acids is 3. The van der Waals surface area contributed by atoms with E-state index in [9.17, 15) is 14.4 Å². The van der Waals surface area contributed by atoms with Crippen molar-refractivity contribution in [1.82, 2.24) is 5.32 Å². The number of benzene rings is 2. The number of primary amides is 1. The molecule has 0 saturated carbocycles. The second-order valence-electron chi connectivity index (χ2n) is 6.99.